The minimum Gasteiger partial charge on any atom is -0.497 e. The third-order valence-corrected chi connectivity index (χ3v) is 3.06. The van der Waals surface area contributed by atoms with Gasteiger partial charge in [-0.15, -0.1) is 0 Å². The Kier molecular flexibility index (Phi) is 2.83. The van der Waals surface area contributed by atoms with Crippen molar-refractivity contribution >= 4 is 17.0 Å². The number of aromatic nitrogens is 3. The van der Waals surface area contributed by atoms with E-state index in [4.69, 9.17) is 15.9 Å². The minimum absolute atomic E-state index is 0.0120. The normalized spacial score (nSPS) is 10.7. The Hall–Kier alpha value is -2.89. The summed E-state index contributed by atoms with van der Waals surface area (Å²) in [6.07, 6.45) is 3.26. The number of ether oxygens (including phenoxy) is 1. The summed E-state index contributed by atoms with van der Waals surface area (Å²) >= 11 is 0. The van der Waals surface area contributed by atoms with Gasteiger partial charge in [0.05, 0.1) is 12.8 Å². The van der Waals surface area contributed by atoms with Crippen molar-refractivity contribution in [3.05, 3.63) is 48.4 Å². The molecule has 0 aliphatic heterocycles. The van der Waals surface area contributed by atoms with Gasteiger partial charge in [0, 0.05) is 17.8 Å². The number of imidazole rings is 1. The first-order valence-electron chi connectivity index (χ1n) is 6.01. The van der Waals surface area contributed by atoms with Crippen molar-refractivity contribution in [2.75, 3.05) is 7.11 Å². The van der Waals surface area contributed by atoms with Crippen LogP contribution in [0.5, 0.6) is 5.75 Å². The molecular formula is C14H13N5O. The molecule has 20 heavy (non-hydrogen) atoms. The maximum absolute atomic E-state index is 7.68. The van der Waals surface area contributed by atoms with Gasteiger partial charge in [-0.3, -0.25) is 9.98 Å². The van der Waals surface area contributed by atoms with Gasteiger partial charge in [0.1, 0.15) is 23.4 Å². The molecule has 3 rings (SSSR count). The number of hydrogen-bond donors (Lipinski definition) is 2. The highest BCUT2D eigenvalue weighted by Crippen LogP contribution is 2.22. The van der Waals surface area contributed by atoms with Crippen LogP contribution in [-0.2, 0) is 0 Å². The predicted octanol–water partition coefficient (Wildman–Crippen LogP) is 1.71. The molecule has 6 heteroatoms. The van der Waals surface area contributed by atoms with Crippen LogP contribution >= 0.6 is 0 Å². The van der Waals surface area contributed by atoms with E-state index in [-0.39, 0.29) is 5.84 Å². The number of fused-ring (bicyclic) bond motifs is 1. The maximum atomic E-state index is 7.68. The second-order valence-electron chi connectivity index (χ2n) is 4.26. The van der Waals surface area contributed by atoms with Crippen LogP contribution in [0.25, 0.3) is 16.9 Å². The van der Waals surface area contributed by atoms with Crippen molar-refractivity contribution in [3.63, 3.8) is 0 Å². The molecule has 0 amide bonds. The average Bonchev–Trinajstić information content (AvgIpc) is 2.91. The third kappa shape index (κ3) is 1.87. The summed E-state index contributed by atoms with van der Waals surface area (Å²) in [7, 11) is 1.62. The minimum atomic E-state index is -0.0120. The van der Waals surface area contributed by atoms with Gasteiger partial charge in [0.15, 0.2) is 5.65 Å². The Balaban J connectivity index is 2.28. The van der Waals surface area contributed by atoms with Gasteiger partial charge < -0.3 is 10.5 Å². The van der Waals surface area contributed by atoms with Crippen LogP contribution < -0.4 is 10.5 Å². The van der Waals surface area contributed by atoms with Crippen molar-refractivity contribution in [1.82, 2.24) is 14.5 Å². The Morgan fingerprint density at radius 1 is 1.30 bits per heavy atom. The number of nitrogens with zero attached hydrogens (tertiary/aromatic N) is 3. The van der Waals surface area contributed by atoms with Gasteiger partial charge >= 0.3 is 0 Å². The van der Waals surface area contributed by atoms with Crippen molar-refractivity contribution in [1.29, 1.82) is 5.41 Å². The smallest absolute Gasteiger partial charge is 0.178 e. The molecule has 3 aromatic rings. The number of nitrogens with two attached hydrogens (primary N) is 1. The lowest BCUT2D eigenvalue weighted by molar-refractivity contribution is 0.414. The van der Waals surface area contributed by atoms with E-state index in [0.29, 0.717) is 16.7 Å². The molecule has 1 aromatic carbocycles. The number of amidine groups is 1. The molecule has 0 unspecified atom stereocenters. The van der Waals surface area contributed by atoms with E-state index in [1.54, 1.807) is 25.7 Å². The first-order chi connectivity index (χ1) is 9.70. The Labute approximate surface area is 115 Å². The monoisotopic (exact) mass is 267 g/mol. The van der Waals surface area contributed by atoms with E-state index in [9.17, 15) is 0 Å². The molecule has 0 fully saturated rings. The van der Waals surface area contributed by atoms with Crippen LogP contribution in [0.2, 0.25) is 0 Å². The molecule has 0 bridgehead atoms. The average molecular weight is 267 g/mol. The van der Waals surface area contributed by atoms with Gasteiger partial charge in [-0.2, -0.15) is 0 Å². The van der Waals surface area contributed by atoms with Crippen molar-refractivity contribution in [2.45, 2.75) is 0 Å². The highest BCUT2D eigenvalue weighted by atomic mass is 16.5. The second kappa shape index (κ2) is 4.65. The van der Waals surface area contributed by atoms with Gasteiger partial charge in [-0.05, 0) is 18.2 Å². The van der Waals surface area contributed by atoms with Gasteiger partial charge in [-0.25, -0.2) is 9.97 Å². The number of benzene rings is 1. The molecule has 2 aromatic heterocycles. The molecule has 100 valence electrons. The van der Waals surface area contributed by atoms with Crippen molar-refractivity contribution in [3.8, 4) is 11.4 Å². The van der Waals surface area contributed by atoms with Crippen LogP contribution in [0.1, 0.15) is 5.56 Å². The fourth-order valence-electron chi connectivity index (χ4n) is 2.12. The lowest BCUT2D eigenvalue weighted by Gasteiger charge is -2.08. The molecule has 0 saturated heterocycles. The SMILES string of the molecule is COc1cccc(-n2cnc3nccc(C(=N)N)c32)c1. The lowest BCUT2D eigenvalue weighted by Crippen LogP contribution is -2.13. The summed E-state index contributed by atoms with van der Waals surface area (Å²) in [6, 6.07) is 9.29. The zero-order chi connectivity index (χ0) is 14.1. The summed E-state index contributed by atoms with van der Waals surface area (Å²) in [5, 5.41) is 7.68. The Morgan fingerprint density at radius 3 is 2.90 bits per heavy atom. The molecule has 3 N–H and O–H groups in total. The van der Waals surface area contributed by atoms with Gasteiger partial charge in [-0.1, -0.05) is 6.07 Å². The number of methoxy groups -OCH3 is 1. The lowest BCUT2D eigenvalue weighted by atomic mass is 10.2. The van der Waals surface area contributed by atoms with Crippen molar-refractivity contribution in [2.24, 2.45) is 5.73 Å². The van der Waals surface area contributed by atoms with Crippen LogP contribution in [0, 0.1) is 5.41 Å². The number of nitrogens with one attached hydrogen (secondary N) is 1. The molecule has 0 aliphatic carbocycles. The van der Waals surface area contributed by atoms with E-state index < -0.39 is 0 Å². The summed E-state index contributed by atoms with van der Waals surface area (Å²) < 4.78 is 7.08. The van der Waals surface area contributed by atoms with Crippen LogP contribution in [0.4, 0.5) is 0 Å². The predicted molar refractivity (Wildman–Crippen MR) is 76.4 cm³/mol. The highest BCUT2D eigenvalue weighted by molar-refractivity contribution is 6.05. The topological polar surface area (TPSA) is 89.8 Å². The van der Waals surface area contributed by atoms with Crippen molar-refractivity contribution < 1.29 is 4.74 Å². The summed E-state index contributed by atoms with van der Waals surface area (Å²) in [5.74, 6) is 0.736. The highest BCUT2D eigenvalue weighted by Gasteiger charge is 2.12. The van der Waals surface area contributed by atoms with Crippen LogP contribution in [0.15, 0.2) is 42.9 Å². The summed E-state index contributed by atoms with van der Waals surface area (Å²) in [6.45, 7) is 0. The summed E-state index contributed by atoms with van der Waals surface area (Å²) in [5.41, 5.74) is 8.39. The fourth-order valence-corrected chi connectivity index (χ4v) is 2.12. The molecule has 0 spiro atoms. The fraction of sp³-hybridized carbons (Fsp3) is 0.0714. The zero-order valence-corrected chi connectivity index (χ0v) is 10.9. The quantitative estimate of drug-likeness (QED) is 0.558. The van der Waals surface area contributed by atoms with Gasteiger partial charge in [0.2, 0.25) is 0 Å². The van der Waals surface area contributed by atoms with Gasteiger partial charge in [0.25, 0.3) is 0 Å². The molecule has 0 saturated carbocycles. The first-order valence-corrected chi connectivity index (χ1v) is 6.01. The Bertz CT molecular complexity index is 793. The molecule has 2 heterocycles. The largest absolute Gasteiger partial charge is 0.497 e. The maximum Gasteiger partial charge on any atom is 0.178 e. The van der Waals surface area contributed by atoms with E-state index in [0.717, 1.165) is 11.4 Å². The summed E-state index contributed by atoms with van der Waals surface area (Å²) in [4.78, 5) is 8.45. The molecule has 0 radical (unpaired) electrons. The Morgan fingerprint density at radius 2 is 2.15 bits per heavy atom. The van der Waals surface area contributed by atoms with Crippen LogP contribution in [0.3, 0.4) is 0 Å². The van der Waals surface area contributed by atoms with Crippen LogP contribution in [-0.4, -0.2) is 27.5 Å². The zero-order valence-electron chi connectivity index (χ0n) is 10.9. The molecule has 0 aliphatic rings. The van der Waals surface area contributed by atoms with E-state index in [1.165, 1.54) is 0 Å². The molecule has 6 nitrogen and oxygen atoms in total. The number of rotatable bonds is 3. The molecule has 0 atom stereocenters. The second-order valence-corrected chi connectivity index (χ2v) is 4.26. The number of pyridine rings is 1. The van der Waals surface area contributed by atoms with E-state index in [2.05, 4.69) is 9.97 Å². The number of hydrogen-bond acceptors (Lipinski definition) is 4. The van der Waals surface area contributed by atoms with E-state index in [1.807, 2.05) is 28.8 Å². The van der Waals surface area contributed by atoms with E-state index >= 15 is 0 Å². The number of nitrogen functional groups attached to an aromatic ring is 1. The first kappa shape index (κ1) is 12.2. The standard InChI is InChI=1S/C14H13N5O/c1-20-10-4-2-3-9(7-10)19-8-18-14-12(19)11(13(15)16)5-6-17-14/h2-8H,1H3,(H3,15,16). The molecular weight excluding hydrogens is 254 g/mol. The third-order valence-electron chi connectivity index (χ3n) is 3.06.